The summed E-state index contributed by atoms with van der Waals surface area (Å²) in [5, 5.41) is 36.8. The van der Waals surface area contributed by atoms with Gasteiger partial charge in [-0.1, -0.05) is 26.0 Å². The summed E-state index contributed by atoms with van der Waals surface area (Å²) >= 11 is 1.52. The molecule has 0 saturated carbocycles. The number of halogens is 1. The van der Waals surface area contributed by atoms with Crippen molar-refractivity contribution >= 4 is 46.2 Å². The number of nitrogen functional groups attached to an aromatic ring is 2. The van der Waals surface area contributed by atoms with Gasteiger partial charge in [-0.15, -0.1) is 11.3 Å². The predicted molar refractivity (Wildman–Crippen MR) is 273 cm³/mol. The molecule has 18 nitrogen and oxygen atoms in total. The summed E-state index contributed by atoms with van der Waals surface area (Å²) in [5.74, 6) is 3.36. The lowest BCUT2D eigenvalue weighted by molar-refractivity contribution is -0.120. The fourth-order valence-corrected chi connectivity index (χ4v) is 7.70. The van der Waals surface area contributed by atoms with Gasteiger partial charge in [-0.2, -0.15) is 15.3 Å². The van der Waals surface area contributed by atoms with Gasteiger partial charge in [0.2, 0.25) is 0 Å². The first-order valence-electron chi connectivity index (χ1n) is 22.7. The van der Waals surface area contributed by atoms with Crippen molar-refractivity contribution in [1.29, 1.82) is 0 Å². The summed E-state index contributed by atoms with van der Waals surface area (Å²) in [4.78, 5) is 30.4. The van der Waals surface area contributed by atoms with Crippen LogP contribution in [0.15, 0.2) is 108 Å². The number of aromatic nitrogens is 10. The summed E-state index contributed by atoms with van der Waals surface area (Å²) < 4.78 is 18.7. The van der Waals surface area contributed by atoms with Gasteiger partial charge < -0.3 is 37.8 Å². The van der Waals surface area contributed by atoms with Crippen LogP contribution in [0.4, 0.5) is 33.5 Å². The minimum absolute atomic E-state index is 0.0173. The second kappa shape index (κ2) is 25.5. The number of aliphatic hydroxyl groups excluding tert-OH is 1. The summed E-state index contributed by atoms with van der Waals surface area (Å²) in [5.41, 5.74) is 21.5. The van der Waals surface area contributed by atoms with Gasteiger partial charge in [0.15, 0.2) is 5.78 Å². The molecule has 0 amide bonds. The third-order valence-electron chi connectivity index (χ3n) is 10.7. The molecule has 0 unspecified atom stereocenters. The number of nitrogens with one attached hydrogen (secondary N) is 4. The number of carbonyl (C=O) groups excluding carboxylic acids is 1. The van der Waals surface area contributed by atoms with Gasteiger partial charge in [-0.25, -0.2) is 33.7 Å². The first-order valence-corrected chi connectivity index (χ1v) is 23.6. The number of nitrogens with two attached hydrogens (primary N) is 2. The third-order valence-corrected chi connectivity index (χ3v) is 11.3. The Kier molecular flexibility index (Phi) is 18.8. The minimum Gasteiger partial charge on any atom is -0.394 e. The summed E-state index contributed by atoms with van der Waals surface area (Å²) in [6, 6.07) is 23.0. The Morgan fingerprint density at radius 2 is 1.17 bits per heavy atom. The Morgan fingerprint density at radius 1 is 0.681 bits per heavy atom. The number of benzene rings is 1. The second-order valence-corrected chi connectivity index (χ2v) is 16.5. The number of nitrogens with zero attached hydrogens (tertiary/aromatic N) is 10. The monoisotopic (exact) mass is 956 g/mol. The van der Waals surface area contributed by atoms with Gasteiger partial charge in [0.05, 0.1) is 53.9 Å². The SMILES string of the molecule is CCCn1nc(-c2ccnc(NC)c2)cc1CC(=O)[C@H](Cc1ccc(F)cc1)NCc1cscn1.CCCn1nc(-c2ccnc(NC)c2)cc1N.CNc1cc(-c2cc(N)n(CCO)n2)ccn1. The van der Waals surface area contributed by atoms with E-state index in [1.165, 1.54) is 23.5 Å². The van der Waals surface area contributed by atoms with Crippen molar-refractivity contribution in [3.05, 3.63) is 131 Å². The van der Waals surface area contributed by atoms with E-state index in [1.807, 2.05) is 84.4 Å². The van der Waals surface area contributed by atoms with Crippen molar-refractivity contribution in [3.63, 3.8) is 0 Å². The number of pyridine rings is 3. The summed E-state index contributed by atoms with van der Waals surface area (Å²) in [7, 11) is 5.48. The molecule has 0 aliphatic heterocycles. The van der Waals surface area contributed by atoms with Crippen molar-refractivity contribution in [3.8, 4) is 33.8 Å². The molecule has 0 bridgehead atoms. The van der Waals surface area contributed by atoms with Crippen LogP contribution in [0.25, 0.3) is 33.8 Å². The second-order valence-electron chi connectivity index (χ2n) is 15.7. The highest BCUT2D eigenvalue weighted by Gasteiger charge is 2.22. The molecule has 0 fully saturated rings. The molecule has 0 aliphatic rings. The van der Waals surface area contributed by atoms with Crippen molar-refractivity contribution in [2.75, 3.05) is 55.2 Å². The first kappa shape index (κ1) is 50.9. The van der Waals surface area contributed by atoms with Crippen LogP contribution < -0.4 is 32.7 Å². The van der Waals surface area contributed by atoms with Crippen molar-refractivity contribution in [2.45, 2.75) is 71.8 Å². The van der Waals surface area contributed by atoms with Gasteiger partial charge >= 0.3 is 0 Å². The number of Topliss-reactive ketones (excluding diaryl/α,β-unsaturated/α-hetero) is 1. The van der Waals surface area contributed by atoms with Crippen molar-refractivity contribution in [2.24, 2.45) is 0 Å². The molecule has 8 rings (SSSR count). The lowest BCUT2D eigenvalue weighted by Crippen LogP contribution is -2.39. The minimum atomic E-state index is -0.438. The number of hydrogen-bond donors (Lipinski definition) is 7. The van der Waals surface area contributed by atoms with Gasteiger partial charge in [-0.05, 0) is 79.4 Å². The molecular weight excluding hydrogens is 896 g/mol. The first-order chi connectivity index (χ1) is 33.5. The maximum atomic E-state index is 13.5. The Bertz CT molecular complexity index is 2730. The summed E-state index contributed by atoms with van der Waals surface area (Å²) in [6.07, 6.45) is 7.84. The van der Waals surface area contributed by atoms with Crippen LogP contribution in [-0.2, 0) is 43.8 Å². The van der Waals surface area contributed by atoms with Crippen LogP contribution in [-0.4, -0.2) is 94.0 Å². The molecule has 0 aliphatic carbocycles. The lowest BCUT2D eigenvalue weighted by atomic mass is 9.99. The summed E-state index contributed by atoms with van der Waals surface area (Å²) in [6.45, 7) is 6.67. The molecule has 8 aromatic rings. The zero-order valence-corrected chi connectivity index (χ0v) is 40.4. The molecule has 0 radical (unpaired) electrons. The Balaban J connectivity index is 0.000000191. The number of aliphatic hydroxyl groups is 1. The van der Waals surface area contributed by atoms with E-state index in [2.05, 4.69) is 65.2 Å². The fraction of sp³-hybridized carbons (Fsp3) is 0.306. The van der Waals surface area contributed by atoms with Crippen LogP contribution in [0, 0.1) is 5.82 Å². The highest BCUT2D eigenvalue weighted by atomic mass is 32.1. The van der Waals surface area contributed by atoms with Crippen LogP contribution in [0.5, 0.6) is 0 Å². The highest BCUT2D eigenvalue weighted by Crippen LogP contribution is 2.25. The topological polar surface area (TPSA) is 242 Å². The maximum absolute atomic E-state index is 13.5. The molecule has 362 valence electrons. The van der Waals surface area contributed by atoms with Gasteiger partial charge in [0.1, 0.15) is 34.9 Å². The molecule has 0 saturated heterocycles. The van der Waals surface area contributed by atoms with Crippen LogP contribution in [0.1, 0.15) is 43.6 Å². The van der Waals surface area contributed by atoms with E-state index < -0.39 is 6.04 Å². The number of thiazole rings is 1. The molecule has 9 N–H and O–H groups in total. The Hall–Kier alpha value is -7.55. The number of carbonyl (C=O) groups is 1. The molecule has 1 aromatic carbocycles. The van der Waals surface area contributed by atoms with Crippen molar-refractivity contribution < 1.29 is 14.3 Å². The number of ketones is 1. The quantitative estimate of drug-likeness (QED) is 0.0405. The van der Waals surface area contributed by atoms with Crippen LogP contribution in [0.2, 0.25) is 0 Å². The van der Waals surface area contributed by atoms with E-state index >= 15 is 0 Å². The average Bonchev–Trinajstić information content (AvgIpc) is 4.20. The Morgan fingerprint density at radius 3 is 1.65 bits per heavy atom. The van der Waals surface area contributed by atoms with E-state index in [4.69, 9.17) is 21.7 Å². The van der Waals surface area contributed by atoms with Gasteiger partial charge in [0.25, 0.3) is 0 Å². The largest absolute Gasteiger partial charge is 0.394 e. The van der Waals surface area contributed by atoms with Crippen molar-refractivity contribution in [1.82, 2.24) is 54.6 Å². The fourth-order valence-electron chi connectivity index (χ4n) is 7.14. The van der Waals surface area contributed by atoms with E-state index in [0.29, 0.717) is 31.1 Å². The number of hydrogen-bond acceptors (Lipinski definition) is 16. The van der Waals surface area contributed by atoms with E-state index in [9.17, 15) is 9.18 Å². The predicted octanol–water partition coefficient (Wildman–Crippen LogP) is 7.05. The molecular formula is C49H61FN16O2S. The van der Waals surface area contributed by atoms with Crippen LogP contribution >= 0.6 is 11.3 Å². The number of anilines is 5. The highest BCUT2D eigenvalue weighted by molar-refractivity contribution is 7.07. The smallest absolute Gasteiger partial charge is 0.156 e. The molecule has 20 heteroatoms. The van der Waals surface area contributed by atoms with Crippen LogP contribution in [0.3, 0.4) is 0 Å². The van der Waals surface area contributed by atoms with E-state index in [-0.39, 0.29) is 24.6 Å². The molecule has 7 heterocycles. The normalized spacial score (nSPS) is 11.2. The maximum Gasteiger partial charge on any atom is 0.156 e. The zero-order valence-electron chi connectivity index (χ0n) is 39.6. The molecule has 1 atom stereocenters. The molecule has 7 aromatic heterocycles. The lowest BCUT2D eigenvalue weighted by Gasteiger charge is -2.18. The van der Waals surface area contributed by atoms with Gasteiger partial charge in [-0.3, -0.25) is 9.48 Å². The zero-order chi connectivity index (χ0) is 49.1. The van der Waals surface area contributed by atoms with E-state index in [1.54, 1.807) is 47.0 Å². The standard InChI is InChI=1S/C26H29FN6OS.C12H17N5.C11H15N5O/c1-3-10-33-22(13-23(32-33)19-8-9-29-26(12-19)28-2)14-25(34)24(30-15-21-16-35-17-31-21)11-18-4-6-20(27)7-5-18;1-3-6-17-11(13)8-10(16-17)9-4-5-15-12(7-9)14-2;1-13-11-6-8(2-3-14-11)9-7-10(12)16(15-9)4-5-17/h4-9,12-13,16-17,24,30H,3,10-11,14-15H2,1-2H3,(H,28,29);4-5,7-8H,3,6,13H2,1-2H3,(H,14,15);2-3,6-7,17H,4-5,12H2,1H3,(H,13,14)/t24-;;/m0../s1. The number of aryl methyl sites for hydroxylation is 2. The number of rotatable bonds is 20. The Labute approximate surface area is 405 Å². The van der Waals surface area contributed by atoms with E-state index in [0.717, 1.165) is 94.1 Å². The third kappa shape index (κ3) is 14.5. The van der Waals surface area contributed by atoms with Gasteiger partial charge in [0, 0.05) is 99.3 Å². The molecule has 69 heavy (non-hydrogen) atoms. The average molecular weight is 957 g/mol. The molecule has 0 spiro atoms.